The van der Waals surface area contributed by atoms with Crippen LogP contribution < -0.4 is 5.73 Å². The summed E-state index contributed by atoms with van der Waals surface area (Å²) in [5.41, 5.74) is 5.27. The summed E-state index contributed by atoms with van der Waals surface area (Å²) in [7, 11) is 1.61. The fourth-order valence-electron chi connectivity index (χ4n) is 2.75. The number of hydrogen-bond donors (Lipinski definition) is 1. The molecule has 1 aliphatic heterocycles. The number of likely N-dealkylation sites (tertiary alicyclic amines) is 1. The topological polar surface area (TPSA) is 98.7 Å². The van der Waals surface area contributed by atoms with Crippen LogP contribution in [-0.4, -0.2) is 47.5 Å². The average Bonchev–Trinajstić information content (AvgIpc) is 2.91. The van der Waals surface area contributed by atoms with Gasteiger partial charge in [0.2, 0.25) is 11.7 Å². The smallest absolute Gasteiger partial charge is 0.291 e. The Labute approximate surface area is 123 Å². The van der Waals surface area contributed by atoms with Crippen LogP contribution in [0.25, 0.3) is 0 Å². The van der Waals surface area contributed by atoms with E-state index in [9.17, 15) is 9.59 Å². The quantitative estimate of drug-likeness (QED) is 0.869. The molecule has 7 heteroatoms. The van der Waals surface area contributed by atoms with Crippen LogP contribution >= 0.6 is 0 Å². The zero-order chi connectivity index (χ0) is 15.5. The number of carbonyl (C=O) groups excluding carboxylic acids is 2. The Bertz CT molecular complexity index is 528. The average molecular weight is 295 g/mol. The Hall–Kier alpha value is -1.89. The molecule has 1 atom stereocenters. The molecule has 0 spiro atoms. The van der Waals surface area contributed by atoms with E-state index in [0.29, 0.717) is 25.2 Å². The fraction of sp³-hybridized carbons (Fsp3) is 0.643. The molecule has 21 heavy (non-hydrogen) atoms. The number of piperidine rings is 1. The van der Waals surface area contributed by atoms with Crippen LogP contribution in [-0.2, 0) is 9.53 Å². The van der Waals surface area contributed by atoms with E-state index >= 15 is 0 Å². The number of nitrogens with two attached hydrogens (primary N) is 1. The second-order valence-electron chi connectivity index (χ2n) is 5.45. The molecule has 0 saturated carbocycles. The van der Waals surface area contributed by atoms with Crippen LogP contribution in [0, 0.1) is 6.92 Å². The zero-order valence-electron chi connectivity index (χ0n) is 12.4. The summed E-state index contributed by atoms with van der Waals surface area (Å²) >= 11 is 0. The third-order valence-electron chi connectivity index (χ3n) is 4.03. The van der Waals surface area contributed by atoms with Gasteiger partial charge in [0.15, 0.2) is 6.39 Å². The molecular formula is C14H21N3O4. The van der Waals surface area contributed by atoms with Crippen molar-refractivity contribution in [2.75, 3.05) is 20.2 Å². The second-order valence-corrected chi connectivity index (χ2v) is 5.45. The minimum Gasteiger partial charge on any atom is -0.438 e. The van der Waals surface area contributed by atoms with E-state index in [2.05, 4.69) is 4.98 Å². The summed E-state index contributed by atoms with van der Waals surface area (Å²) in [5.74, 6) is -0.289. The molecule has 1 fully saturated rings. The van der Waals surface area contributed by atoms with E-state index in [1.807, 2.05) is 0 Å². The summed E-state index contributed by atoms with van der Waals surface area (Å²) in [6, 6.07) is 0. The summed E-state index contributed by atoms with van der Waals surface area (Å²) in [6.45, 7) is 2.80. The Morgan fingerprint density at radius 2 is 2.33 bits per heavy atom. The molecular weight excluding hydrogens is 274 g/mol. The predicted molar refractivity (Wildman–Crippen MR) is 74.5 cm³/mol. The maximum absolute atomic E-state index is 12.5. The van der Waals surface area contributed by atoms with Gasteiger partial charge in [-0.3, -0.25) is 9.59 Å². The summed E-state index contributed by atoms with van der Waals surface area (Å²) < 4.78 is 10.8. The number of ether oxygens (including phenoxy) is 1. The summed E-state index contributed by atoms with van der Waals surface area (Å²) in [4.78, 5) is 29.1. The number of aromatic nitrogens is 1. The molecule has 2 heterocycles. The minimum atomic E-state index is -0.517. The normalized spacial score (nSPS) is 22.3. The standard InChI is InChI=1S/C14H21N3O4/c1-10-12(21-9-16-10)13(19)17-7-3-5-14(8-17,20-2)6-4-11(15)18/h9H,3-8H2,1-2H3,(H2,15,18). The van der Waals surface area contributed by atoms with Crippen molar-refractivity contribution in [2.45, 2.75) is 38.2 Å². The maximum Gasteiger partial charge on any atom is 0.291 e. The van der Waals surface area contributed by atoms with E-state index in [1.54, 1.807) is 18.9 Å². The van der Waals surface area contributed by atoms with E-state index in [-0.39, 0.29) is 24.0 Å². The van der Waals surface area contributed by atoms with Crippen molar-refractivity contribution in [3.63, 3.8) is 0 Å². The number of amides is 2. The van der Waals surface area contributed by atoms with Crippen molar-refractivity contribution < 1.29 is 18.7 Å². The molecule has 0 bridgehead atoms. The highest BCUT2D eigenvalue weighted by atomic mass is 16.5. The number of primary amides is 1. The fourth-order valence-corrected chi connectivity index (χ4v) is 2.75. The lowest BCUT2D eigenvalue weighted by atomic mass is 9.87. The molecule has 1 aliphatic rings. The monoisotopic (exact) mass is 295 g/mol. The molecule has 2 N–H and O–H groups in total. The van der Waals surface area contributed by atoms with E-state index < -0.39 is 5.60 Å². The largest absolute Gasteiger partial charge is 0.438 e. The van der Waals surface area contributed by atoms with Crippen molar-refractivity contribution in [3.8, 4) is 0 Å². The van der Waals surface area contributed by atoms with Gasteiger partial charge >= 0.3 is 0 Å². The van der Waals surface area contributed by atoms with Gasteiger partial charge in [0.05, 0.1) is 17.8 Å². The van der Waals surface area contributed by atoms with Crippen LogP contribution in [0.1, 0.15) is 41.9 Å². The highest BCUT2D eigenvalue weighted by Crippen LogP contribution is 2.30. The molecule has 1 saturated heterocycles. The van der Waals surface area contributed by atoms with Crippen molar-refractivity contribution in [3.05, 3.63) is 17.8 Å². The lowest BCUT2D eigenvalue weighted by Gasteiger charge is -2.41. The Kier molecular flexibility index (Phi) is 4.62. The van der Waals surface area contributed by atoms with Gasteiger partial charge in [0.1, 0.15) is 0 Å². The SMILES string of the molecule is COC1(CCC(N)=O)CCCN(C(=O)c2ocnc2C)C1. The molecule has 0 aliphatic carbocycles. The van der Waals surface area contributed by atoms with E-state index in [1.165, 1.54) is 6.39 Å². The Morgan fingerprint density at radius 1 is 1.57 bits per heavy atom. The van der Waals surface area contributed by atoms with Crippen LogP contribution in [0.5, 0.6) is 0 Å². The van der Waals surface area contributed by atoms with Crippen molar-refractivity contribution in [2.24, 2.45) is 5.73 Å². The minimum absolute atomic E-state index is 0.190. The van der Waals surface area contributed by atoms with Gasteiger partial charge in [-0.25, -0.2) is 4.98 Å². The molecule has 1 unspecified atom stereocenters. The van der Waals surface area contributed by atoms with Crippen LogP contribution in [0.3, 0.4) is 0 Å². The number of hydrogen-bond acceptors (Lipinski definition) is 5. The van der Waals surface area contributed by atoms with Crippen LogP contribution in [0.4, 0.5) is 0 Å². The molecule has 1 aromatic heterocycles. The second kappa shape index (κ2) is 6.26. The lowest BCUT2D eigenvalue weighted by Crippen LogP contribution is -2.51. The molecule has 0 aromatic carbocycles. The Balaban J connectivity index is 2.10. The molecule has 116 valence electrons. The van der Waals surface area contributed by atoms with Crippen molar-refractivity contribution in [1.82, 2.24) is 9.88 Å². The van der Waals surface area contributed by atoms with Gasteiger partial charge in [-0.2, -0.15) is 0 Å². The van der Waals surface area contributed by atoms with Crippen molar-refractivity contribution >= 4 is 11.8 Å². The van der Waals surface area contributed by atoms with Gasteiger partial charge in [0.25, 0.3) is 5.91 Å². The Morgan fingerprint density at radius 3 is 2.90 bits per heavy atom. The first-order valence-electron chi connectivity index (χ1n) is 7.00. The van der Waals surface area contributed by atoms with E-state index in [0.717, 1.165) is 12.8 Å². The number of carbonyl (C=O) groups is 2. The number of aryl methyl sites for hydroxylation is 1. The van der Waals surface area contributed by atoms with Gasteiger partial charge in [-0.1, -0.05) is 0 Å². The first-order valence-corrected chi connectivity index (χ1v) is 7.00. The van der Waals surface area contributed by atoms with Crippen LogP contribution in [0.15, 0.2) is 10.8 Å². The molecule has 1 aromatic rings. The van der Waals surface area contributed by atoms with Gasteiger partial charge < -0.3 is 19.8 Å². The van der Waals surface area contributed by atoms with Gasteiger partial charge in [-0.05, 0) is 26.2 Å². The van der Waals surface area contributed by atoms with Crippen molar-refractivity contribution in [1.29, 1.82) is 0 Å². The van der Waals surface area contributed by atoms with Crippen LogP contribution in [0.2, 0.25) is 0 Å². The summed E-state index contributed by atoms with van der Waals surface area (Å²) in [5, 5.41) is 0. The number of rotatable bonds is 5. The third-order valence-corrected chi connectivity index (χ3v) is 4.03. The molecule has 2 amide bonds. The third kappa shape index (κ3) is 3.41. The van der Waals surface area contributed by atoms with Gasteiger partial charge in [0, 0.05) is 20.1 Å². The molecule has 2 rings (SSSR count). The molecule has 7 nitrogen and oxygen atoms in total. The first kappa shape index (κ1) is 15.5. The lowest BCUT2D eigenvalue weighted by molar-refractivity contribution is -0.121. The first-order chi connectivity index (χ1) is 9.97. The predicted octanol–water partition coefficient (Wildman–Crippen LogP) is 0.870. The summed E-state index contributed by atoms with van der Waals surface area (Å²) in [6.07, 6.45) is 3.64. The maximum atomic E-state index is 12.5. The van der Waals surface area contributed by atoms with Gasteiger partial charge in [-0.15, -0.1) is 0 Å². The van der Waals surface area contributed by atoms with E-state index in [4.69, 9.17) is 14.9 Å². The highest BCUT2D eigenvalue weighted by Gasteiger charge is 2.38. The zero-order valence-corrected chi connectivity index (χ0v) is 12.4. The number of nitrogens with zero attached hydrogens (tertiary/aromatic N) is 2. The number of methoxy groups -OCH3 is 1. The molecule has 0 radical (unpaired) electrons. The number of oxazole rings is 1. The highest BCUT2D eigenvalue weighted by molar-refractivity contribution is 5.92.